The second kappa shape index (κ2) is 5.69. The Morgan fingerprint density at radius 3 is 2.50 bits per heavy atom. The third kappa shape index (κ3) is 2.67. The summed E-state index contributed by atoms with van der Waals surface area (Å²) >= 11 is 0. The fraction of sp³-hybridized carbons (Fsp3) is 0.0588. The number of benzene rings is 2. The molecule has 7 heteroatoms. The van der Waals surface area contributed by atoms with Gasteiger partial charge in [0.15, 0.2) is 0 Å². The van der Waals surface area contributed by atoms with E-state index < -0.39 is 11.9 Å². The predicted octanol–water partition coefficient (Wildman–Crippen LogP) is 2.87. The minimum atomic E-state index is -0.825. The molecule has 0 fully saturated rings. The van der Waals surface area contributed by atoms with E-state index in [-0.39, 0.29) is 17.2 Å². The largest absolute Gasteiger partial charge is 0.365 e. The molecule has 2 aromatic carbocycles. The number of nitrogens with two attached hydrogens (primary N) is 2. The number of nitrogens with one attached hydrogen (secondary N) is 2. The first-order valence-corrected chi connectivity index (χ1v) is 7.15. The van der Waals surface area contributed by atoms with Gasteiger partial charge in [0.1, 0.15) is 11.6 Å². The number of anilines is 1. The average Bonchev–Trinajstić information content (AvgIpc) is 2.83. The number of hydrogen-bond acceptors (Lipinski definition) is 2. The molecular weight excluding hydrogens is 311 g/mol. The van der Waals surface area contributed by atoms with Gasteiger partial charge in [0.25, 0.3) is 5.91 Å². The first kappa shape index (κ1) is 15.5. The molecule has 24 heavy (non-hydrogen) atoms. The van der Waals surface area contributed by atoms with Gasteiger partial charge in [-0.2, -0.15) is 0 Å². The van der Waals surface area contributed by atoms with Crippen LogP contribution < -0.4 is 16.8 Å². The highest BCUT2D eigenvalue weighted by Gasteiger charge is 2.18. The standard InChI is InChI=1S/C17H15FN4O2/c1-8-2-4-10(12(18)6-8)9-3-5-11-13(7-9)21-16(22-17(20)24)14(11)15(19)23/h2-7,21H,1H3,(H2,19,23)(H3,20,22,24). The Bertz CT molecular complexity index is 978. The maximum Gasteiger partial charge on any atom is 0.317 e. The van der Waals surface area contributed by atoms with Gasteiger partial charge >= 0.3 is 6.03 Å². The zero-order valence-electron chi connectivity index (χ0n) is 12.8. The van der Waals surface area contributed by atoms with Crippen LogP contribution in [0.3, 0.4) is 0 Å². The van der Waals surface area contributed by atoms with Crippen LogP contribution in [0.1, 0.15) is 15.9 Å². The molecule has 0 spiro atoms. The van der Waals surface area contributed by atoms with E-state index in [0.717, 1.165) is 5.56 Å². The van der Waals surface area contributed by atoms with E-state index in [1.165, 1.54) is 6.07 Å². The maximum atomic E-state index is 14.2. The summed E-state index contributed by atoms with van der Waals surface area (Å²) in [5.41, 5.74) is 13.0. The van der Waals surface area contributed by atoms with Crippen LogP contribution in [0.5, 0.6) is 0 Å². The number of carbonyl (C=O) groups excluding carboxylic acids is 2. The molecule has 3 rings (SSSR count). The van der Waals surface area contributed by atoms with Crippen molar-refractivity contribution in [3.8, 4) is 11.1 Å². The summed E-state index contributed by atoms with van der Waals surface area (Å²) in [6.45, 7) is 1.81. The highest BCUT2D eigenvalue weighted by Crippen LogP contribution is 2.31. The molecule has 0 bridgehead atoms. The summed E-state index contributed by atoms with van der Waals surface area (Å²) in [7, 11) is 0. The molecule has 1 heterocycles. The number of primary amides is 2. The number of aromatic amines is 1. The summed E-state index contributed by atoms with van der Waals surface area (Å²) in [4.78, 5) is 25.6. The lowest BCUT2D eigenvalue weighted by Gasteiger charge is -2.05. The van der Waals surface area contributed by atoms with Crippen molar-refractivity contribution < 1.29 is 14.0 Å². The summed E-state index contributed by atoms with van der Waals surface area (Å²) in [6.07, 6.45) is 0. The van der Waals surface area contributed by atoms with E-state index in [1.807, 2.05) is 13.0 Å². The second-order valence-electron chi connectivity index (χ2n) is 5.47. The third-order valence-electron chi connectivity index (χ3n) is 3.73. The molecular formula is C17H15FN4O2. The van der Waals surface area contributed by atoms with Crippen LogP contribution in [-0.4, -0.2) is 16.9 Å². The summed E-state index contributed by atoms with van der Waals surface area (Å²) < 4.78 is 14.2. The smallest absolute Gasteiger partial charge is 0.317 e. The second-order valence-corrected chi connectivity index (χ2v) is 5.47. The van der Waals surface area contributed by atoms with Crippen molar-refractivity contribution >= 4 is 28.7 Å². The number of aromatic nitrogens is 1. The molecule has 3 aromatic rings. The third-order valence-corrected chi connectivity index (χ3v) is 3.73. The normalized spacial score (nSPS) is 10.8. The molecule has 6 N–H and O–H groups in total. The zero-order valence-corrected chi connectivity index (χ0v) is 12.8. The van der Waals surface area contributed by atoms with Crippen molar-refractivity contribution in [1.82, 2.24) is 4.98 Å². The number of hydrogen-bond donors (Lipinski definition) is 4. The van der Waals surface area contributed by atoms with Crippen LogP contribution in [0.25, 0.3) is 22.0 Å². The van der Waals surface area contributed by atoms with Gasteiger partial charge in [-0.15, -0.1) is 0 Å². The number of carbonyl (C=O) groups is 2. The monoisotopic (exact) mass is 326 g/mol. The van der Waals surface area contributed by atoms with Crippen LogP contribution in [-0.2, 0) is 0 Å². The van der Waals surface area contributed by atoms with E-state index in [1.54, 1.807) is 24.3 Å². The van der Waals surface area contributed by atoms with Crippen molar-refractivity contribution in [2.24, 2.45) is 11.5 Å². The fourth-order valence-electron chi connectivity index (χ4n) is 2.69. The molecule has 122 valence electrons. The zero-order chi connectivity index (χ0) is 17.4. The Morgan fingerprint density at radius 1 is 1.12 bits per heavy atom. The number of aryl methyl sites for hydroxylation is 1. The minimum Gasteiger partial charge on any atom is -0.365 e. The molecule has 3 amide bonds. The fourth-order valence-corrected chi connectivity index (χ4v) is 2.69. The van der Waals surface area contributed by atoms with Crippen LogP contribution in [0.4, 0.5) is 15.0 Å². The molecule has 0 aliphatic heterocycles. The molecule has 1 aromatic heterocycles. The van der Waals surface area contributed by atoms with Crippen LogP contribution in [0, 0.1) is 12.7 Å². The first-order valence-electron chi connectivity index (χ1n) is 7.15. The van der Waals surface area contributed by atoms with E-state index in [9.17, 15) is 14.0 Å². The topological polar surface area (TPSA) is 114 Å². The lowest BCUT2D eigenvalue weighted by atomic mass is 10.0. The van der Waals surface area contributed by atoms with Crippen molar-refractivity contribution in [2.75, 3.05) is 5.32 Å². The van der Waals surface area contributed by atoms with Crippen LogP contribution in [0.15, 0.2) is 36.4 Å². The van der Waals surface area contributed by atoms with Crippen LogP contribution in [0.2, 0.25) is 0 Å². The number of fused-ring (bicyclic) bond motifs is 1. The van der Waals surface area contributed by atoms with Gasteiger partial charge in [-0.25, -0.2) is 9.18 Å². The number of urea groups is 1. The van der Waals surface area contributed by atoms with E-state index in [4.69, 9.17) is 11.5 Å². The van der Waals surface area contributed by atoms with Crippen molar-refractivity contribution in [2.45, 2.75) is 6.92 Å². The first-order chi connectivity index (χ1) is 11.4. The lowest BCUT2D eigenvalue weighted by Crippen LogP contribution is -2.22. The number of rotatable bonds is 3. The minimum absolute atomic E-state index is 0.117. The molecule has 0 aliphatic carbocycles. The molecule has 0 unspecified atom stereocenters. The molecule has 0 aliphatic rings. The molecule has 0 saturated carbocycles. The predicted molar refractivity (Wildman–Crippen MR) is 90.2 cm³/mol. The molecule has 6 nitrogen and oxygen atoms in total. The highest BCUT2D eigenvalue weighted by atomic mass is 19.1. The summed E-state index contributed by atoms with van der Waals surface area (Å²) in [5, 5.41) is 2.85. The van der Waals surface area contributed by atoms with E-state index in [2.05, 4.69) is 10.3 Å². The Kier molecular flexibility index (Phi) is 3.69. The Balaban J connectivity index is 2.18. The molecule has 0 saturated heterocycles. The van der Waals surface area contributed by atoms with E-state index in [0.29, 0.717) is 22.0 Å². The average molecular weight is 326 g/mol. The lowest BCUT2D eigenvalue weighted by molar-refractivity contribution is 0.100. The Morgan fingerprint density at radius 2 is 1.88 bits per heavy atom. The van der Waals surface area contributed by atoms with Crippen molar-refractivity contribution in [3.63, 3.8) is 0 Å². The molecule has 0 atom stereocenters. The Labute approximate surface area is 136 Å². The number of amides is 3. The highest BCUT2D eigenvalue weighted by molar-refractivity contribution is 6.13. The quantitative estimate of drug-likeness (QED) is 0.593. The van der Waals surface area contributed by atoms with Gasteiger partial charge in [-0.3, -0.25) is 10.1 Å². The van der Waals surface area contributed by atoms with Gasteiger partial charge in [0.2, 0.25) is 0 Å². The van der Waals surface area contributed by atoms with Crippen molar-refractivity contribution in [3.05, 3.63) is 53.3 Å². The van der Waals surface area contributed by atoms with Crippen molar-refractivity contribution in [1.29, 1.82) is 0 Å². The van der Waals surface area contributed by atoms with Gasteiger partial charge in [-0.05, 0) is 30.2 Å². The molecule has 0 radical (unpaired) electrons. The SMILES string of the molecule is Cc1ccc(-c2ccc3c(C(N)=O)c(NC(N)=O)[nH]c3c2)c(F)c1. The van der Waals surface area contributed by atoms with Crippen LogP contribution >= 0.6 is 0 Å². The van der Waals surface area contributed by atoms with Gasteiger partial charge in [0.05, 0.1) is 5.56 Å². The van der Waals surface area contributed by atoms with E-state index >= 15 is 0 Å². The van der Waals surface area contributed by atoms with Gasteiger partial charge < -0.3 is 16.5 Å². The number of halogens is 1. The van der Waals surface area contributed by atoms with Gasteiger partial charge in [-0.1, -0.05) is 24.3 Å². The maximum absolute atomic E-state index is 14.2. The Hall–Kier alpha value is -3.35. The van der Waals surface area contributed by atoms with Gasteiger partial charge in [0, 0.05) is 16.5 Å². The number of H-pyrrole nitrogens is 1. The summed E-state index contributed by atoms with van der Waals surface area (Å²) in [6, 6.07) is 9.13. The summed E-state index contributed by atoms with van der Waals surface area (Å²) in [5.74, 6) is -0.933.